The number of halogens is 1. The van der Waals surface area contributed by atoms with Crippen LogP contribution in [0.5, 0.6) is 5.75 Å². The Morgan fingerprint density at radius 1 is 1.12 bits per heavy atom. The molecule has 1 aromatic carbocycles. The summed E-state index contributed by atoms with van der Waals surface area (Å²) in [7, 11) is 1.66. The van der Waals surface area contributed by atoms with Crippen molar-refractivity contribution in [1.29, 1.82) is 0 Å². The number of nitrogens with zero attached hydrogens (tertiary/aromatic N) is 4. The van der Waals surface area contributed by atoms with E-state index in [0.717, 1.165) is 68.2 Å². The van der Waals surface area contributed by atoms with Crippen molar-refractivity contribution < 1.29 is 9.53 Å². The van der Waals surface area contributed by atoms with Crippen LogP contribution in [0.3, 0.4) is 0 Å². The Balaban J connectivity index is 1.25. The summed E-state index contributed by atoms with van der Waals surface area (Å²) in [6.07, 6.45) is 5.83. The number of benzene rings is 1. The van der Waals surface area contributed by atoms with Gasteiger partial charge in [-0.25, -0.2) is 4.79 Å². The molecule has 0 saturated carbocycles. The highest BCUT2D eigenvalue weighted by Crippen LogP contribution is 2.35. The number of para-hydroxylation sites is 1. The van der Waals surface area contributed by atoms with E-state index >= 15 is 0 Å². The standard InChI is InChI=1S/C24H30ClN5O2/c1-32-23-21(25)8-6-9-22(23)28-15-13-27(14-16-28)10-4-5-12-30(24(26)31)20-17-19-7-2-3-11-29(19)18-20/h2-3,6-9,11,17-18H,4-5,10,12-16H2,1H3,(H2,26,31). The maximum Gasteiger partial charge on any atom is 0.319 e. The topological polar surface area (TPSA) is 66.5 Å². The second-order valence-electron chi connectivity index (χ2n) is 8.05. The van der Waals surface area contributed by atoms with Crippen LogP contribution in [0, 0.1) is 0 Å². The highest BCUT2D eigenvalue weighted by Gasteiger charge is 2.21. The van der Waals surface area contributed by atoms with Gasteiger partial charge in [0.1, 0.15) is 0 Å². The minimum atomic E-state index is -0.412. The molecule has 2 aromatic heterocycles. The molecule has 8 heteroatoms. The number of amides is 2. The van der Waals surface area contributed by atoms with Crippen molar-refractivity contribution >= 4 is 34.5 Å². The molecule has 0 aliphatic carbocycles. The first-order chi connectivity index (χ1) is 15.6. The molecule has 2 N–H and O–H groups in total. The van der Waals surface area contributed by atoms with Crippen molar-refractivity contribution in [3.63, 3.8) is 0 Å². The predicted octanol–water partition coefficient (Wildman–Crippen LogP) is 4.09. The van der Waals surface area contributed by atoms with Gasteiger partial charge in [0.25, 0.3) is 0 Å². The van der Waals surface area contributed by atoms with Gasteiger partial charge >= 0.3 is 6.03 Å². The van der Waals surface area contributed by atoms with E-state index in [1.165, 1.54) is 0 Å². The van der Waals surface area contributed by atoms with Crippen molar-refractivity contribution in [2.24, 2.45) is 5.73 Å². The lowest BCUT2D eigenvalue weighted by atomic mass is 10.2. The van der Waals surface area contributed by atoms with E-state index in [-0.39, 0.29) is 0 Å². The zero-order chi connectivity index (χ0) is 22.5. The number of carbonyl (C=O) groups excluding carboxylic acids is 1. The van der Waals surface area contributed by atoms with Gasteiger partial charge in [-0.2, -0.15) is 0 Å². The number of hydrogen-bond acceptors (Lipinski definition) is 4. The fourth-order valence-corrected chi connectivity index (χ4v) is 4.57. The van der Waals surface area contributed by atoms with Crippen LogP contribution in [0.25, 0.3) is 5.52 Å². The maximum atomic E-state index is 12.0. The smallest absolute Gasteiger partial charge is 0.319 e. The Labute approximate surface area is 193 Å². The fraction of sp³-hybridized carbons (Fsp3) is 0.375. The third-order valence-electron chi connectivity index (χ3n) is 6.04. The Kier molecular flexibility index (Phi) is 7.07. The summed E-state index contributed by atoms with van der Waals surface area (Å²) in [5.41, 5.74) is 8.60. The van der Waals surface area contributed by atoms with Crippen LogP contribution in [-0.2, 0) is 0 Å². The number of methoxy groups -OCH3 is 1. The summed E-state index contributed by atoms with van der Waals surface area (Å²) in [4.78, 5) is 18.5. The highest BCUT2D eigenvalue weighted by molar-refractivity contribution is 6.32. The van der Waals surface area contributed by atoms with Crippen LogP contribution >= 0.6 is 11.6 Å². The Bertz CT molecular complexity index is 1030. The third kappa shape index (κ3) is 4.95. The predicted molar refractivity (Wildman–Crippen MR) is 130 cm³/mol. The number of ether oxygens (including phenoxy) is 1. The van der Waals surface area contributed by atoms with Gasteiger partial charge in [0.2, 0.25) is 0 Å². The van der Waals surface area contributed by atoms with Crippen molar-refractivity contribution in [3.05, 3.63) is 59.9 Å². The quantitative estimate of drug-likeness (QED) is 0.519. The number of unbranched alkanes of at least 4 members (excludes halogenated alkanes) is 1. The SMILES string of the molecule is COc1c(Cl)cccc1N1CCN(CCCCN(C(N)=O)c2cc3ccccn3c2)CC1. The maximum absolute atomic E-state index is 12.0. The molecule has 0 atom stereocenters. The number of urea groups is 1. The van der Waals surface area contributed by atoms with Gasteiger partial charge in [0, 0.05) is 50.6 Å². The first-order valence-corrected chi connectivity index (χ1v) is 11.4. The summed E-state index contributed by atoms with van der Waals surface area (Å²) in [5.74, 6) is 0.743. The minimum Gasteiger partial charge on any atom is -0.493 e. The van der Waals surface area contributed by atoms with Crippen molar-refractivity contribution in [2.75, 3.05) is 56.2 Å². The summed E-state index contributed by atoms with van der Waals surface area (Å²) >= 11 is 6.28. The third-order valence-corrected chi connectivity index (χ3v) is 6.33. The van der Waals surface area contributed by atoms with Gasteiger partial charge in [-0.3, -0.25) is 9.80 Å². The van der Waals surface area contributed by atoms with Crippen molar-refractivity contribution in [2.45, 2.75) is 12.8 Å². The lowest BCUT2D eigenvalue weighted by Crippen LogP contribution is -2.46. The number of piperazine rings is 1. The van der Waals surface area contributed by atoms with E-state index in [2.05, 4.69) is 15.9 Å². The summed E-state index contributed by atoms with van der Waals surface area (Å²) in [6.45, 7) is 5.46. The second kappa shape index (κ2) is 10.1. The molecule has 3 heterocycles. The average molecular weight is 456 g/mol. The molecule has 4 rings (SSSR count). The molecular formula is C24H30ClN5O2. The number of hydrogen-bond donors (Lipinski definition) is 1. The number of fused-ring (bicyclic) bond motifs is 1. The van der Waals surface area contributed by atoms with Crippen LogP contribution < -0.4 is 20.3 Å². The molecule has 1 aliphatic rings. The summed E-state index contributed by atoms with van der Waals surface area (Å²) in [6, 6.07) is 13.4. The van der Waals surface area contributed by atoms with E-state index in [1.54, 1.807) is 12.0 Å². The largest absolute Gasteiger partial charge is 0.493 e. The first-order valence-electron chi connectivity index (χ1n) is 11.0. The van der Waals surface area contributed by atoms with E-state index in [1.807, 2.05) is 53.2 Å². The second-order valence-corrected chi connectivity index (χ2v) is 8.46. The van der Waals surface area contributed by atoms with Gasteiger partial charge < -0.3 is 19.8 Å². The van der Waals surface area contributed by atoms with Gasteiger partial charge in [0.15, 0.2) is 5.75 Å². The van der Waals surface area contributed by atoms with Gasteiger partial charge in [-0.1, -0.05) is 23.7 Å². The normalized spacial score (nSPS) is 14.6. The number of anilines is 2. The molecule has 7 nitrogen and oxygen atoms in total. The lowest BCUT2D eigenvalue weighted by Gasteiger charge is -2.36. The molecule has 1 aliphatic heterocycles. The van der Waals surface area contributed by atoms with E-state index < -0.39 is 6.03 Å². The number of nitrogens with two attached hydrogens (primary N) is 1. The van der Waals surface area contributed by atoms with E-state index in [0.29, 0.717) is 11.6 Å². The zero-order valence-electron chi connectivity index (χ0n) is 18.4. The highest BCUT2D eigenvalue weighted by atomic mass is 35.5. The lowest BCUT2D eigenvalue weighted by molar-refractivity contribution is 0.248. The Morgan fingerprint density at radius 2 is 1.94 bits per heavy atom. The molecule has 1 fully saturated rings. The van der Waals surface area contributed by atoms with Gasteiger partial charge in [-0.05, 0) is 49.7 Å². The monoisotopic (exact) mass is 455 g/mol. The molecule has 0 spiro atoms. The average Bonchev–Trinajstić information content (AvgIpc) is 3.22. The zero-order valence-corrected chi connectivity index (χ0v) is 19.2. The van der Waals surface area contributed by atoms with E-state index in [9.17, 15) is 4.79 Å². The van der Waals surface area contributed by atoms with Gasteiger partial charge in [-0.15, -0.1) is 0 Å². The Hall–Kier alpha value is -2.90. The van der Waals surface area contributed by atoms with Crippen LogP contribution in [0.15, 0.2) is 54.9 Å². The summed E-state index contributed by atoms with van der Waals surface area (Å²) < 4.78 is 7.50. The number of carbonyl (C=O) groups is 1. The molecule has 0 radical (unpaired) electrons. The number of aromatic nitrogens is 1. The minimum absolute atomic E-state index is 0.412. The van der Waals surface area contributed by atoms with Crippen LogP contribution in [-0.4, -0.2) is 61.7 Å². The van der Waals surface area contributed by atoms with Crippen molar-refractivity contribution in [1.82, 2.24) is 9.30 Å². The molecule has 1 saturated heterocycles. The number of rotatable bonds is 8. The Morgan fingerprint density at radius 3 is 2.66 bits per heavy atom. The molecule has 0 bridgehead atoms. The molecule has 3 aromatic rings. The number of pyridine rings is 1. The first kappa shape index (κ1) is 22.3. The molecular weight excluding hydrogens is 426 g/mol. The molecule has 2 amide bonds. The fourth-order valence-electron chi connectivity index (χ4n) is 4.32. The summed E-state index contributed by atoms with van der Waals surface area (Å²) in [5, 5.41) is 0.641. The van der Waals surface area contributed by atoms with Gasteiger partial charge in [0.05, 0.1) is 23.5 Å². The van der Waals surface area contributed by atoms with Crippen LogP contribution in [0.4, 0.5) is 16.2 Å². The molecule has 0 unspecified atom stereocenters. The van der Waals surface area contributed by atoms with E-state index in [4.69, 9.17) is 22.1 Å². The van der Waals surface area contributed by atoms with Crippen molar-refractivity contribution in [3.8, 4) is 5.75 Å². The van der Waals surface area contributed by atoms with Crippen LogP contribution in [0.1, 0.15) is 12.8 Å². The van der Waals surface area contributed by atoms with Crippen LogP contribution in [0.2, 0.25) is 5.02 Å². The molecule has 32 heavy (non-hydrogen) atoms. The number of primary amides is 1. The molecule has 170 valence electrons.